The van der Waals surface area contributed by atoms with Crippen molar-refractivity contribution in [3.8, 4) is 16.4 Å². The standard InChI is InChI=1S/C17H11F3N6OS/c18-17(19,20)14-23-15(25-24-14)22-13(27)12-11(10-6-2-1-3-7-10)21-16(28-12)26-8-4-5-9-26/h1-9H,(H2,22,23,24,25,27). The Balaban J connectivity index is 1.69. The second kappa shape index (κ2) is 6.93. The van der Waals surface area contributed by atoms with Gasteiger partial charge in [0.15, 0.2) is 5.13 Å². The van der Waals surface area contributed by atoms with Crippen LogP contribution in [0.4, 0.5) is 19.1 Å². The third-order valence-electron chi connectivity index (χ3n) is 3.67. The lowest BCUT2D eigenvalue weighted by atomic mass is 10.1. The number of anilines is 1. The summed E-state index contributed by atoms with van der Waals surface area (Å²) < 4.78 is 39.7. The molecule has 0 aliphatic heterocycles. The maximum absolute atomic E-state index is 12.7. The highest BCUT2D eigenvalue weighted by Gasteiger charge is 2.35. The fourth-order valence-corrected chi connectivity index (χ4v) is 3.38. The SMILES string of the molecule is O=C(Nc1n[nH]c(C(F)(F)F)n1)c1sc(-n2cccc2)nc1-c1ccccc1. The zero-order valence-corrected chi connectivity index (χ0v) is 14.8. The van der Waals surface area contributed by atoms with Crippen LogP contribution in [0.15, 0.2) is 54.9 Å². The molecule has 7 nitrogen and oxygen atoms in total. The van der Waals surface area contributed by atoms with Crippen molar-refractivity contribution in [3.05, 3.63) is 65.6 Å². The molecule has 1 aromatic carbocycles. The number of nitrogens with one attached hydrogen (secondary N) is 2. The first-order valence-electron chi connectivity index (χ1n) is 7.92. The van der Waals surface area contributed by atoms with Gasteiger partial charge in [0.25, 0.3) is 5.91 Å². The van der Waals surface area contributed by atoms with E-state index in [1.54, 1.807) is 46.3 Å². The van der Waals surface area contributed by atoms with Crippen LogP contribution in [-0.4, -0.2) is 30.6 Å². The number of halogens is 3. The van der Waals surface area contributed by atoms with Crippen LogP contribution >= 0.6 is 11.3 Å². The predicted octanol–water partition coefficient (Wildman–Crippen LogP) is 3.99. The second-order valence-electron chi connectivity index (χ2n) is 5.59. The van der Waals surface area contributed by atoms with Crippen molar-refractivity contribution in [2.24, 2.45) is 0 Å². The monoisotopic (exact) mass is 404 g/mol. The first-order chi connectivity index (χ1) is 13.4. The zero-order valence-electron chi connectivity index (χ0n) is 13.9. The lowest BCUT2D eigenvalue weighted by Gasteiger charge is -2.02. The van der Waals surface area contributed by atoms with E-state index in [2.05, 4.69) is 20.4 Å². The fraction of sp³-hybridized carbons (Fsp3) is 0.0588. The number of carbonyl (C=O) groups excluding carboxylic acids is 1. The first kappa shape index (κ1) is 17.9. The van der Waals surface area contributed by atoms with Gasteiger partial charge < -0.3 is 4.57 Å². The van der Waals surface area contributed by atoms with E-state index in [0.717, 1.165) is 11.3 Å². The molecule has 0 radical (unpaired) electrons. The Morgan fingerprint density at radius 2 is 1.79 bits per heavy atom. The number of hydrogen-bond donors (Lipinski definition) is 2. The van der Waals surface area contributed by atoms with Gasteiger partial charge in [0.1, 0.15) is 4.88 Å². The van der Waals surface area contributed by atoms with Gasteiger partial charge in [-0.3, -0.25) is 15.2 Å². The summed E-state index contributed by atoms with van der Waals surface area (Å²) in [6.45, 7) is 0. The van der Waals surface area contributed by atoms with E-state index < -0.39 is 23.9 Å². The third kappa shape index (κ3) is 3.51. The zero-order chi connectivity index (χ0) is 19.7. The van der Waals surface area contributed by atoms with E-state index in [-0.39, 0.29) is 4.88 Å². The Hall–Kier alpha value is -3.47. The van der Waals surface area contributed by atoms with E-state index in [1.165, 1.54) is 0 Å². The summed E-state index contributed by atoms with van der Waals surface area (Å²) >= 11 is 1.10. The van der Waals surface area contributed by atoms with Gasteiger partial charge in [0, 0.05) is 18.0 Å². The minimum absolute atomic E-state index is 0.230. The summed E-state index contributed by atoms with van der Waals surface area (Å²) in [4.78, 5) is 20.7. The molecule has 11 heteroatoms. The summed E-state index contributed by atoms with van der Waals surface area (Å²) in [5.74, 6) is -2.40. The molecule has 0 fully saturated rings. The van der Waals surface area contributed by atoms with Gasteiger partial charge >= 0.3 is 6.18 Å². The van der Waals surface area contributed by atoms with E-state index in [1.807, 2.05) is 18.2 Å². The van der Waals surface area contributed by atoms with Crippen LogP contribution in [0.5, 0.6) is 0 Å². The molecule has 0 atom stereocenters. The Labute approximate surface area is 159 Å². The van der Waals surface area contributed by atoms with Gasteiger partial charge in [0.2, 0.25) is 11.8 Å². The van der Waals surface area contributed by atoms with E-state index >= 15 is 0 Å². The number of hydrogen-bond acceptors (Lipinski definition) is 5. The van der Waals surface area contributed by atoms with Crippen molar-refractivity contribution in [2.45, 2.75) is 6.18 Å². The van der Waals surface area contributed by atoms with E-state index in [0.29, 0.717) is 16.4 Å². The summed E-state index contributed by atoms with van der Waals surface area (Å²) in [7, 11) is 0. The maximum Gasteiger partial charge on any atom is 0.451 e. The Morgan fingerprint density at radius 1 is 1.07 bits per heavy atom. The second-order valence-corrected chi connectivity index (χ2v) is 6.57. The summed E-state index contributed by atoms with van der Waals surface area (Å²) in [6, 6.07) is 12.6. The Morgan fingerprint density at radius 3 is 2.43 bits per heavy atom. The van der Waals surface area contributed by atoms with Crippen LogP contribution in [0.25, 0.3) is 16.4 Å². The summed E-state index contributed by atoms with van der Waals surface area (Å²) in [5.41, 5.74) is 1.12. The summed E-state index contributed by atoms with van der Waals surface area (Å²) in [5, 5.41) is 7.99. The summed E-state index contributed by atoms with van der Waals surface area (Å²) in [6.07, 6.45) is -1.13. The first-order valence-corrected chi connectivity index (χ1v) is 8.74. The number of alkyl halides is 3. The maximum atomic E-state index is 12.7. The molecule has 0 aliphatic carbocycles. The van der Waals surface area contributed by atoms with Gasteiger partial charge in [-0.25, -0.2) is 4.98 Å². The number of nitrogens with zero attached hydrogens (tertiary/aromatic N) is 4. The van der Waals surface area contributed by atoms with Gasteiger partial charge in [-0.2, -0.15) is 18.2 Å². The number of aromatic amines is 1. The van der Waals surface area contributed by atoms with Crippen LogP contribution in [0, 0.1) is 0 Å². The van der Waals surface area contributed by atoms with Crippen LogP contribution in [-0.2, 0) is 6.18 Å². The quantitative estimate of drug-likeness (QED) is 0.538. The lowest BCUT2D eigenvalue weighted by Crippen LogP contribution is -2.13. The normalized spacial score (nSPS) is 11.5. The number of H-pyrrole nitrogens is 1. The Kier molecular flexibility index (Phi) is 4.43. The molecule has 0 bridgehead atoms. The van der Waals surface area contributed by atoms with Crippen LogP contribution in [0.3, 0.4) is 0 Å². The number of amides is 1. The molecule has 4 rings (SSSR count). The van der Waals surface area contributed by atoms with Gasteiger partial charge in [-0.05, 0) is 12.1 Å². The largest absolute Gasteiger partial charge is 0.451 e. The van der Waals surface area contributed by atoms with Crippen LogP contribution < -0.4 is 5.32 Å². The molecule has 2 N–H and O–H groups in total. The van der Waals surface area contributed by atoms with Crippen molar-refractivity contribution < 1.29 is 18.0 Å². The highest BCUT2D eigenvalue weighted by atomic mass is 32.1. The minimum atomic E-state index is -4.68. The number of thiazole rings is 1. The lowest BCUT2D eigenvalue weighted by molar-refractivity contribution is -0.144. The highest BCUT2D eigenvalue weighted by Crippen LogP contribution is 2.31. The van der Waals surface area contributed by atoms with Crippen molar-refractivity contribution in [3.63, 3.8) is 0 Å². The third-order valence-corrected chi connectivity index (χ3v) is 4.74. The molecule has 4 aromatic rings. The van der Waals surface area contributed by atoms with Gasteiger partial charge in [0.05, 0.1) is 5.69 Å². The molecule has 142 valence electrons. The molecule has 0 unspecified atom stereocenters. The number of benzene rings is 1. The molecule has 3 heterocycles. The van der Waals surface area contributed by atoms with E-state index in [4.69, 9.17) is 0 Å². The van der Waals surface area contributed by atoms with Crippen molar-refractivity contribution in [2.75, 3.05) is 5.32 Å². The Bertz CT molecular complexity index is 1100. The predicted molar refractivity (Wildman–Crippen MR) is 96.2 cm³/mol. The molecular weight excluding hydrogens is 393 g/mol. The van der Waals surface area contributed by atoms with Crippen LogP contribution in [0.2, 0.25) is 0 Å². The van der Waals surface area contributed by atoms with Crippen molar-refractivity contribution in [1.29, 1.82) is 0 Å². The average molecular weight is 404 g/mol. The fourth-order valence-electron chi connectivity index (χ4n) is 2.43. The van der Waals surface area contributed by atoms with E-state index in [9.17, 15) is 18.0 Å². The molecule has 0 saturated heterocycles. The molecule has 0 aliphatic rings. The van der Waals surface area contributed by atoms with Crippen molar-refractivity contribution in [1.82, 2.24) is 24.7 Å². The average Bonchev–Trinajstić information content (AvgIpc) is 3.41. The molecular formula is C17H11F3N6OS. The van der Waals surface area contributed by atoms with Gasteiger partial charge in [-0.15, -0.1) is 5.10 Å². The van der Waals surface area contributed by atoms with Crippen LogP contribution in [0.1, 0.15) is 15.5 Å². The number of rotatable bonds is 4. The minimum Gasteiger partial charge on any atom is -0.300 e. The molecule has 3 aromatic heterocycles. The topological polar surface area (TPSA) is 88.5 Å². The molecule has 1 amide bonds. The molecule has 0 spiro atoms. The smallest absolute Gasteiger partial charge is 0.300 e. The van der Waals surface area contributed by atoms with Gasteiger partial charge in [-0.1, -0.05) is 41.7 Å². The number of aromatic nitrogens is 5. The highest BCUT2D eigenvalue weighted by molar-refractivity contribution is 7.16. The molecule has 28 heavy (non-hydrogen) atoms. The molecule has 0 saturated carbocycles. The van der Waals surface area contributed by atoms with Crippen molar-refractivity contribution >= 4 is 23.2 Å². The number of carbonyl (C=O) groups is 1.